The lowest BCUT2D eigenvalue weighted by molar-refractivity contribution is -0.160. The van der Waals surface area contributed by atoms with Crippen LogP contribution in [0.1, 0.15) is 46.5 Å². The Morgan fingerprint density at radius 2 is 1.94 bits per heavy atom. The zero-order valence-electron chi connectivity index (χ0n) is 10.8. The molecule has 1 nitrogen and oxygen atoms in total. The first kappa shape index (κ1) is 10.8. The minimum atomic E-state index is 0.233. The first-order valence-electron chi connectivity index (χ1n) is 6.96. The summed E-state index contributed by atoms with van der Waals surface area (Å²) >= 11 is 0. The van der Waals surface area contributed by atoms with Crippen LogP contribution in [0, 0.1) is 23.7 Å². The Hall–Kier alpha value is -0.300. The second kappa shape index (κ2) is 3.60. The highest BCUT2D eigenvalue weighted by molar-refractivity contribution is 5.21. The van der Waals surface area contributed by atoms with E-state index in [-0.39, 0.29) is 5.60 Å². The molecule has 3 aliphatic rings. The topological polar surface area (TPSA) is 9.23 Å². The van der Waals surface area contributed by atoms with E-state index in [1.54, 1.807) is 5.57 Å². The Kier molecular flexibility index (Phi) is 2.43. The van der Waals surface area contributed by atoms with E-state index in [0.29, 0.717) is 11.8 Å². The molecule has 0 N–H and O–H groups in total. The van der Waals surface area contributed by atoms with Gasteiger partial charge in [-0.3, -0.25) is 0 Å². The van der Waals surface area contributed by atoms with Crippen LogP contribution in [0.15, 0.2) is 11.6 Å². The summed E-state index contributed by atoms with van der Waals surface area (Å²) in [6, 6.07) is 0. The highest BCUT2D eigenvalue weighted by atomic mass is 16.5. The van der Waals surface area contributed by atoms with Gasteiger partial charge in [0.05, 0.1) is 12.2 Å². The second-order valence-electron chi connectivity index (χ2n) is 6.35. The van der Waals surface area contributed by atoms with Crippen LogP contribution in [0.5, 0.6) is 0 Å². The van der Waals surface area contributed by atoms with Crippen LogP contribution in [0.3, 0.4) is 0 Å². The predicted molar refractivity (Wildman–Crippen MR) is 66.2 cm³/mol. The molecule has 4 atom stereocenters. The number of fused-ring (bicyclic) bond motifs is 3. The van der Waals surface area contributed by atoms with E-state index in [9.17, 15) is 0 Å². The fourth-order valence-corrected chi connectivity index (χ4v) is 4.76. The first-order chi connectivity index (χ1) is 7.64. The molecule has 3 rings (SSSR count). The van der Waals surface area contributed by atoms with Crippen molar-refractivity contribution in [2.75, 3.05) is 6.61 Å². The van der Waals surface area contributed by atoms with Crippen LogP contribution in [-0.2, 0) is 4.74 Å². The lowest BCUT2D eigenvalue weighted by atomic mass is 9.61. The van der Waals surface area contributed by atoms with Crippen LogP contribution in [0.4, 0.5) is 0 Å². The van der Waals surface area contributed by atoms with Gasteiger partial charge in [-0.05, 0) is 37.5 Å². The molecule has 1 spiro atoms. The Morgan fingerprint density at radius 1 is 1.25 bits per heavy atom. The van der Waals surface area contributed by atoms with Gasteiger partial charge in [-0.15, -0.1) is 0 Å². The Bertz CT molecular complexity index is 311. The van der Waals surface area contributed by atoms with Crippen molar-refractivity contribution in [1.82, 2.24) is 0 Å². The van der Waals surface area contributed by atoms with Gasteiger partial charge in [-0.25, -0.2) is 0 Å². The number of hydrogen-bond donors (Lipinski definition) is 0. The molecule has 0 amide bonds. The molecular formula is C15H24O. The fraction of sp³-hybridized carbons (Fsp3) is 0.867. The maximum Gasteiger partial charge on any atom is 0.0750 e. The van der Waals surface area contributed by atoms with Gasteiger partial charge in [0.15, 0.2) is 0 Å². The summed E-state index contributed by atoms with van der Waals surface area (Å²) in [4.78, 5) is 0. The third kappa shape index (κ3) is 1.33. The number of ether oxygens (including phenoxy) is 1. The van der Waals surface area contributed by atoms with Crippen molar-refractivity contribution in [3.05, 3.63) is 11.6 Å². The maximum atomic E-state index is 6.36. The molecule has 1 saturated heterocycles. The maximum absolute atomic E-state index is 6.36. The van der Waals surface area contributed by atoms with Gasteiger partial charge < -0.3 is 4.74 Å². The highest BCUT2D eigenvalue weighted by Crippen LogP contribution is 2.54. The monoisotopic (exact) mass is 220 g/mol. The largest absolute Gasteiger partial charge is 0.374 e. The summed E-state index contributed by atoms with van der Waals surface area (Å²) in [5, 5.41) is 0. The minimum absolute atomic E-state index is 0.233. The molecule has 90 valence electrons. The van der Waals surface area contributed by atoms with Gasteiger partial charge in [0.2, 0.25) is 0 Å². The normalized spacial score (nSPS) is 45.8. The van der Waals surface area contributed by atoms with Crippen molar-refractivity contribution in [2.45, 2.75) is 52.1 Å². The summed E-state index contributed by atoms with van der Waals surface area (Å²) in [5.74, 6) is 3.02. The number of rotatable bonds is 0. The summed E-state index contributed by atoms with van der Waals surface area (Å²) in [6.07, 6.45) is 7.87. The van der Waals surface area contributed by atoms with Gasteiger partial charge in [0.1, 0.15) is 0 Å². The van der Waals surface area contributed by atoms with Crippen LogP contribution >= 0.6 is 0 Å². The van der Waals surface area contributed by atoms with Crippen LogP contribution in [-0.4, -0.2) is 12.2 Å². The quantitative estimate of drug-likeness (QED) is 0.564. The molecule has 0 radical (unpaired) electrons. The minimum Gasteiger partial charge on any atom is -0.374 e. The van der Waals surface area contributed by atoms with Gasteiger partial charge in [0, 0.05) is 5.92 Å². The third-order valence-electron chi connectivity index (χ3n) is 5.47. The smallest absolute Gasteiger partial charge is 0.0750 e. The van der Waals surface area contributed by atoms with Gasteiger partial charge in [0.25, 0.3) is 0 Å². The molecule has 16 heavy (non-hydrogen) atoms. The Balaban J connectivity index is 1.99. The summed E-state index contributed by atoms with van der Waals surface area (Å²) in [7, 11) is 0. The molecular weight excluding hydrogens is 196 g/mol. The molecule has 1 saturated carbocycles. The van der Waals surface area contributed by atoms with E-state index in [1.165, 1.54) is 25.7 Å². The molecule has 2 aliphatic carbocycles. The highest BCUT2D eigenvalue weighted by Gasteiger charge is 2.52. The van der Waals surface area contributed by atoms with Gasteiger partial charge in [-0.2, -0.15) is 0 Å². The zero-order chi connectivity index (χ0) is 11.3. The molecule has 2 bridgehead atoms. The van der Waals surface area contributed by atoms with E-state index in [2.05, 4.69) is 26.8 Å². The number of hydrogen-bond acceptors (Lipinski definition) is 1. The zero-order valence-corrected chi connectivity index (χ0v) is 10.8. The molecule has 0 unspecified atom stereocenters. The Labute approximate surface area is 99.3 Å². The molecule has 2 fully saturated rings. The van der Waals surface area contributed by atoms with Gasteiger partial charge in [-0.1, -0.05) is 38.3 Å². The van der Waals surface area contributed by atoms with Crippen molar-refractivity contribution in [3.8, 4) is 0 Å². The predicted octanol–water partition coefficient (Wildman–Crippen LogP) is 3.79. The van der Waals surface area contributed by atoms with Crippen molar-refractivity contribution >= 4 is 0 Å². The van der Waals surface area contributed by atoms with Gasteiger partial charge >= 0.3 is 0 Å². The average Bonchev–Trinajstić information content (AvgIpc) is 2.65. The molecule has 0 aromatic carbocycles. The van der Waals surface area contributed by atoms with Crippen LogP contribution in [0.25, 0.3) is 0 Å². The molecule has 1 heterocycles. The van der Waals surface area contributed by atoms with E-state index in [4.69, 9.17) is 4.74 Å². The average molecular weight is 220 g/mol. The molecule has 0 aromatic heterocycles. The summed E-state index contributed by atoms with van der Waals surface area (Å²) in [5.41, 5.74) is 1.84. The summed E-state index contributed by atoms with van der Waals surface area (Å²) in [6.45, 7) is 8.16. The lowest BCUT2D eigenvalue weighted by Crippen LogP contribution is -2.53. The number of allylic oxidation sites excluding steroid dienone is 1. The second-order valence-corrected chi connectivity index (χ2v) is 6.35. The van der Waals surface area contributed by atoms with Crippen LogP contribution in [0.2, 0.25) is 0 Å². The third-order valence-corrected chi connectivity index (χ3v) is 5.47. The van der Waals surface area contributed by atoms with E-state index in [1.807, 2.05) is 0 Å². The first-order valence-corrected chi connectivity index (χ1v) is 6.96. The summed E-state index contributed by atoms with van der Waals surface area (Å²) < 4.78 is 6.36. The molecule has 1 aliphatic heterocycles. The van der Waals surface area contributed by atoms with Crippen molar-refractivity contribution < 1.29 is 4.74 Å². The van der Waals surface area contributed by atoms with E-state index in [0.717, 1.165) is 18.4 Å². The van der Waals surface area contributed by atoms with Crippen molar-refractivity contribution in [2.24, 2.45) is 23.7 Å². The van der Waals surface area contributed by atoms with Crippen molar-refractivity contribution in [1.29, 1.82) is 0 Å². The standard InChI is InChI=1S/C15H24O/c1-10-8-11(2)14-12(3)13(10)9-16-15(14)6-4-5-7-15/h8,10,12-14H,4-7,9H2,1-3H3/t10-,12+,13-,14+/m0/s1. The fourth-order valence-electron chi connectivity index (χ4n) is 4.76. The molecule has 0 aromatic rings. The van der Waals surface area contributed by atoms with Crippen LogP contribution < -0.4 is 0 Å². The van der Waals surface area contributed by atoms with E-state index < -0.39 is 0 Å². The SMILES string of the molecule is CC1=C[C@H](C)[C@@H]2COC3(CCCC3)[C@H]1[C@@H]2C. The van der Waals surface area contributed by atoms with Crippen molar-refractivity contribution in [3.63, 3.8) is 0 Å². The molecule has 1 heteroatoms. The lowest BCUT2D eigenvalue weighted by Gasteiger charge is -2.53. The Morgan fingerprint density at radius 3 is 2.62 bits per heavy atom. The van der Waals surface area contributed by atoms with E-state index >= 15 is 0 Å².